The summed E-state index contributed by atoms with van der Waals surface area (Å²) in [6, 6.07) is 8.06. The van der Waals surface area contributed by atoms with E-state index in [9.17, 15) is 0 Å². The highest BCUT2D eigenvalue weighted by atomic mass is 16.5. The van der Waals surface area contributed by atoms with E-state index in [0.717, 1.165) is 17.7 Å². The van der Waals surface area contributed by atoms with Crippen molar-refractivity contribution >= 4 is 0 Å². The van der Waals surface area contributed by atoms with Crippen LogP contribution in [0, 0.1) is 0 Å². The van der Waals surface area contributed by atoms with E-state index < -0.39 is 0 Å². The smallest absolute Gasteiger partial charge is 0.123 e. The molecule has 1 unspecified atom stereocenters. The Hall–Kier alpha value is -1.06. The van der Waals surface area contributed by atoms with Gasteiger partial charge in [0.2, 0.25) is 0 Å². The van der Waals surface area contributed by atoms with Crippen LogP contribution in [0.2, 0.25) is 0 Å². The fourth-order valence-electron chi connectivity index (χ4n) is 1.38. The molecule has 72 valence electrons. The van der Waals surface area contributed by atoms with Gasteiger partial charge >= 0.3 is 0 Å². The first-order chi connectivity index (χ1) is 6.33. The Balaban J connectivity index is 2.96. The molecular formula is C10H16N2O. The van der Waals surface area contributed by atoms with Gasteiger partial charge in [0.1, 0.15) is 5.75 Å². The molecule has 0 aliphatic rings. The lowest BCUT2D eigenvalue weighted by Gasteiger charge is -2.16. The van der Waals surface area contributed by atoms with E-state index in [0.29, 0.717) is 0 Å². The highest BCUT2D eigenvalue weighted by Crippen LogP contribution is 2.25. The first-order valence-electron chi connectivity index (χ1n) is 4.42. The molecule has 0 heterocycles. The number of hydrogen-bond donors (Lipinski definition) is 2. The minimum absolute atomic E-state index is 0.163. The number of rotatable bonds is 4. The maximum absolute atomic E-state index is 5.43. The molecule has 3 heteroatoms. The lowest BCUT2D eigenvalue weighted by molar-refractivity contribution is 0.398. The van der Waals surface area contributed by atoms with Gasteiger partial charge in [0.05, 0.1) is 7.11 Å². The molecule has 13 heavy (non-hydrogen) atoms. The molecule has 3 nitrogen and oxygen atoms in total. The van der Waals surface area contributed by atoms with Gasteiger partial charge in [0, 0.05) is 11.6 Å². The van der Waals surface area contributed by atoms with Gasteiger partial charge in [-0.25, -0.2) is 0 Å². The summed E-state index contributed by atoms with van der Waals surface area (Å²) in [6.07, 6.45) is 0.941. The molecule has 1 aromatic rings. The van der Waals surface area contributed by atoms with Crippen molar-refractivity contribution < 1.29 is 4.74 Å². The van der Waals surface area contributed by atoms with Crippen LogP contribution in [0.5, 0.6) is 5.75 Å². The standard InChI is InChI=1S/C10H16N2O/c1-3-9(12-11)8-6-4-5-7-10(8)13-2/h4-7,9,12H,3,11H2,1-2H3. The number of nitrogens with one attached hydrogen (secondary N) is 1. The summed E-state index contributed by atoms with van der Waals surface area (Å²) in [4.78, 5) is 0. The topological polar surface area (TPSA) is 47.3 Å². The van der Waals surface area contributed by atoms with E-state index in [2.05, 4.69) is 12.3 Å². The molecule has 0 saturated heterocycles. The van der Waals surface area contributed by atoms with Crippen molar-refractivity contribution in [1.29, 1.82) is 0 Å². The number of benzene rings is 1. The normalized spacial score (nSPS) is 12.5. The molecule has 0 bridgehead atoms. The van der Waals surface area contributed by atoms with Crippen LogP contribution in [0.1, 0.15) is 24.9 Å². The van der Waals surface area contributed by atoms with Gasteiger partial charge in [0.15, 0.2) is 0 Å². The Morgan fingerprint density at radius 2 is 2.15 bits per heavy atom. The maximum Gasteiger partial charge on any atom is 0.123 e. The highest BCUT2D eigenvalue weighted by Gasteiger charge is 2.11. The van der Waals surface area contributed by atoms with Gasteiger partial charge in [-0.05, 0) is 12.5 Å². The maximum atomic E-state index is 5.43. The molecule has 3 N–H and O–H groups in total. The van der Waals surface area contributed by atoms with E-state index in [4.69, 9.17) is 10.6 Å². The zero-order chi connectivity index (χ0) is 9.68. The predicted molar refractivity (Wildman–Crippen MR) is 53.3 cm³/mol. The molecule has 0 radical (unpaired) electrons. The van der Waals surface area contributed by atoms with Gasteiger partial charge < -0.3 is 4.74 Å². The number of ether oxygens (including phenoxy) is 1. The number of para-hydroxylation sites is 1. The van der Waals surface area contributed by atoms with Crippen LogP contribution in [0.25, 0.3) is 0 Å². The van der Waals surface area contributed by atoms with Gasteiger partial charge in [-0.2, -0.15) is 0 Å². The summed E-state index contributed by atoms with van der Waals surface area (Å²) in [5.41, 5.74) is 3.87. The quantitative estimate of drug-likeness (QED) is 0.546. The Morgan fingerprint density at radius 3 is 2.69 bits per heavy atom. The summed E-state index contributed by atoms with van der Waals surface area (Å²) >= 11 is 0. The minimum Gasteiger partial charge on any atom is -0.496 e. The lowest BCUT2D eigenvalue weighted by Crippen LogP contribution is -2.27. The van der Waals surface area contributed by atoms with Gasteiger partial charge in [-0.1, -0.05) is 25.1 Å². The summed E-state index contributed by atoms with van der Waals surface area (Å²) < 4.78 is 5.23. The molecule has 1 aromatic carbocycles. The molecule has 0 fully saturated rings. The summed E-state index contributed by atoms with van der Waals surface area (Å²) in [6.45, 7) is 2.08. The molecular weight excluding hydrogens is 164 g/mol. The first-order valence-corrected chi connectivity index (χ1v) is 4.42. The SMILES string of the molecule is CCC(NN)c1ccccc1OC. The molecule has 0 aromatic heterocycles. The van der Waals surface area contributed by atoms with Gasteiger partial charge in [-0.3, -0.25) is 11.3 Å². The van der Waals surface area contributed by atoms with Crippen molar-refractivity contribution in [3.8, 4) is 5.75 Å². The van der Waals surface area contributed by atoms with Crippen molar-refractivity contribution in [2.75, 3.05) is 7.11 Å². The second-order valence-electron chi connectivity index (χ2n) is 2.87. The van der Waals surface area contributed by atoms with Crippen molar-refractivity contribution in [2.24, 2.45) is 5.84 Å². The third-order valence-corrected chi connectivity index (χ3v) is 2.12. The Morgan fingerprint density at radius 1 is 1.46 bits per heavy atom. The van der Waals surface area contributed by atoms with Crippen molar-refractivity contribution in [1.82, 2.24) is 5.43 Å². The minimum atomic E-state index is 0.163. The Labute approximate surface area is 78.9 Å². The monoisotopic (exact) mass is 180 g/mol. The third-order valence-electron chi connectivity index (χ3n) is 2.12. The zero-order valence-corrected chi connectivity index (χ0v) is 8.08. The number of hydrazine groups is 1. The summed E-state index contributed by atoms with van der Waals surface area (Å²) in [7, 11) is 1.67. The number of methoxy groups -OCH3 is 1. The Kier molecular flexibility index (Phi) is 3.73. The van der Waals surface area contributed by atoms with Crippen molar-refractivity contribution in [2.45, 2.75) is 19.4 Å². The number of nitrogens with two attached hydrogens (primary N) is 1. The van der Waals surface area contributed by atoms with Gasteiger partial charge in [-0.15, -0.1) is 0 Å². The molecule has 0 spiro atoms. The van der Waals surface area contributed by atoms with E-state index >= 15 is 0 Å². The molecule has 0 aliphatic heterocycles. The van der Waals surface area contributed by atoms with E-state index in [1.165, 1.54) is 0 Å². The van der Waals surface area contributed by atoms with Crippen LogP contribution in [0.15, 0.2) is 24.3 Å². The summed E-state index contributed by atoms with van der Waals surface area (Å²) in [5, 5.41) is 0. The molecule has 0 aliphatic carbocycles. The number of hydrogen-bond acceptors (Lipinski definition) is 3. The van der Waals surface area contributed by atoms with Crippen molar-refractivity contribution in [3.05, 3.63) is 29.8 Å². The predicted octanol–water partition coefficient (Wildman–Crippen LogP) is 1.61. The molecule has 1 rings (SSSR count). The zero-order valence-electron chi connectivity index (χ0n) is 8.08. The average molecular weight is 180 g/mol. The highest BCUT2D eigenvalue weighted by molar-refractivity contribution is 5.35. The van der Waals surface area contributed by atoms with Gasteiger partial charge in [0.25, 0.3) is 0 Å². The van der Waals surface area contributed by atoms with Crippen LogP contribution in [0.3, 0.4) is 0 Å². The van der Waals surface area contributed by atoms with Crippen LogP contribution >= 0.6 is 0 Å². The third kappa shape index (κ3) is 2.20. The Bertz CT molecular complexity index is 259. The average Bonchev–Trinajstić information content (AvgIpc) is 2.20. The molecule has 0 saturated carbocycles. The van der Waals surface area contributed by atoms with Crippen LogP contribution in [-0.4, -0.2) is 7.11 Å². The van der Waals surface area contributed by atoms with E-state index in [1.54, 1.807) is 7.11 Å². The lowest BCUT2D eigenvalue weighted by atomic mass is 10.0. The second kappa shape index (κ2) is 4.84. The largest absolute Gasteiger partial charge is 0.496 e. The van der Waals surface area contributed by atoms with E-state index in [-0.39, 0.29) is 6.04 Å². The van der Waals surface area contributed by atoms with E-state index in [1.807, 2.05) is 24.3 Å². The molecule has 1 atom stereocenters. The molecule has 0 amide bonds. The second-order valence-corrected chi connectivity index (χ2v) is 2.87. The van der Waals surface area contributed by atoms with Crippen LogP contribution in [0.4, 0.5) is 0 Å². The fraction of sp³-hybridized carbons (Fsp3) is 0.400. The first kappa shape index (κ1) is 10.0. The fourth-order valence-corrected chi connectivity index (χ4v) is 1.38. The summed E-state index contributed by atoms with van der Waals surface area (Å²) in [5.74, 6) is 6.32. The van der Waals surface area contributed by atoms with Crippen LogP contribution < -0.4 is 16.0 Å². The van der Waals surface area contributed by atoms with Crippen molar-refractivity contribution in [3.63, 3.8) is 0 Å². The van der Waals surface area contributed by atoms with Crippen LogP contribution in [-0.2, 0) is 0 Å².